The van der Waals surface area contributed by atoms with Crippen LogP contribution in [0.2, 0.25) is 0 Å². The van der Waals surface area contributed by atoms with Crippen molar-refractivity contribution in [2.75, 3.05) is 5.32 Å². The van der Waals surface area contributed by atoms with Crippen molar-refractivity contribution in [3.05, 3.63) is 33.9 Å². The lowest BCUT2D eigenvalue weighted by atomic mass is 10.1. The second-order valence-corrected chi connectivity index (χ2v) is 4.74. The summed E-state index contributed by atoms with van der Waals surface area (Å²) in [6, 6.07) is 5.72. The van der Waals surface area contributed by atoms with E-state index in [9.17, 15) is 10.1 Å². The summed E-state index contributed by atoms with van der Waals surface area (Å²) in [5, 5.41) is 14.2. The number of hydrogen-bond acceptors (Lipinski definition) is 3. The molecule has 0 amide bonds. The summed E-state index contributed by atoms with van der Waals surface area (Å²) in [6.07, 6.45) is 3.64. The first-order chi connectivity index (χ1) is 8.13. The van der Waals surface area contributed by atoms with E-state index in [2.05, 4.69) is 12.2 Å². The molecule has 0 aromatic heterocycles. The van der Waals surface area contributed by atoms with Crippen LogP contribution in [0.25, 0.3) is 0 Å². The van der Waals surface area contributed by atoms with Crippen molar-refractivity contribution in [3.63, 3.8) is 0 Å². The molecular weight excluding hydrogens is 216 g/mol. The van der Waals surface area contributed by atoms with Gasteiger partial charge in [-0.1, -0.05) is 19.4 Å². The van der Waals surface area contributed by atoms with Gasteiger partial charge in [-0.05, 0) is 31.7 Å². The fourth-order valence-corrected chi connectivity index (χ4v) is 2.29. The van der Waals surface area contributed by atoms with Crippen LogP contribution >= 0.6 is 0 Å². The summed E-state index contributed by atoms with van der Waals surface area (Å²) in [6.45, 7) is 3.99. The Hall–Kier alpha value is -1.58. The van der Waals surface area contributed by atoms with Crippen LogP contribution in [0, 0.1) is 23.0 Å². The summed E-state index contributed by atoms with van der Waals surface area (Å²) < 4.78 is 0. The number of nitrogens with one attached hydrogen (secondary N) is 1. The van der Waals surface area contributed by atoms with Crippen LogP contribution in [0.3, 0.4) is 0 Å². The Morgan fingerprint density at radius 1 is 1.53 bits per heavy atom. The van der Waals surface area contributed by atoms with Crippen LogP contribution in [0.4, 0.5) is 11.4 Å². The van der Waals surface area contributed by atoms with E-state index in [1.807, 2.05) is 6.07 Å². The molecule has 2 atom stereocenters. The first-order valence-electron chi connectivity index (χ1n) is 6.14. The highest BCUT2D eigenvalue weighted by Crippen LogP contribution is 2.38. The van der Waals surface area contributed by atoms with Crippen LogP contribution in [-0.4, -0.2) is 11.0 Å². The summed E-state index contributed by atoms with van der Waals surface area (Å²) in [5.74, 6) is 0.749. The van der Waals surface area contributed by atoms with Crippen LogP contribution < -0.4 is 5.32 Å². The second-order valence-electron chi connectivity index (χ2n) is 4.74. The van der Waals surface area contributed by atoms with Gasteiger partial charge in [0.1, 0.15) is 0 Å². The van der Waals surface area contributed by atoms with Gasteiger partial charge in [0.2, 0.25) is 0 Å². The van der Waals surface area contributed by atoms with Crippen LogP contribution in [0.15, 0.2) is 18.2 Å². The third kappa shape index (κ3) is 2.57. The number of anilines is 1. The van der Waals surface area contributed by atoms with Gasteiger partial charge in [0, 0.05) is 23.4 Å². The Morgan fingerprint density at radius 3 is 2.94 bits per heavy atom. The van der Waals surface area contributed by atoms with Crippen LogP contribution in [0.5, 0.6) is 0 Å². The van der Waals surface area contributed by atoms with Gasteiger partial charge in [0.05, 0.1) is 4.92 Å². The van der Waals surface area contributed by atoms with Gasteiger partial charge in [-0.2, -0.15) is 0 Å². The molecule has 1 N–H and O–H groups in total. The summed E-state index contributed by atoms with van der Waals surface area (Å²) in [4.78, 5) is 10.5. The van der Waals surface area contributed by atoms with Crippen molar-refractivity contribution in [2.45, 2.75) is 39.2 Å². The number of hydrogen-bond donors (Lipinski definition) is 1. The largest absolute Gasteiger partial charge is 0.382 e. The van der Waals surface area contributed by atoms with E-state index in [1.54, 1.807) is 19.1 Å². The molecular formula is C13H18N2O2. The molecule has 92 valence electrons. The minimum absolute atomic E-state index is 0.197. The van der Waals surface area contributed by atoms with E-state index in [4.69, 9.17) is 0 Å². The second kappa shape index (κ2) is 4.73. The Balaban J connectivity index is 2.07. The van der Waals surface area contributed by atoms with E-state index in [1.165, 1.54) is 19.3 Å². The Morgan fingerprint density at radius 2 is 2.29 bits per heavy atom. The van der Waals surface area contributed by atoms with E-state index in [0.29, 0.717) is 6.04 Å². The highest BCUT2D eigenvalue weighted by atomic mass is 16.6. The monoisotopic (exact) mass is 234 g/mol. The van der Waals surface area contributed by atoms with Crippen molar-refractivity contribution in [2.24, 2.45) is 5.92 Å². The zero-order valence-corrected chi connectivity index (χ0v) is 10.3. The highest BCUT2D eigenvalue weighted by Gasteiger charge is 2.36. The molecule has 4 heteroatoms. The fraction of sp³-hybridized carbons (Fsp3) is 0.538. The highest BCUT2D eigenvalue weighted by molar-refractivity contribution is 5.60. The maximum atomic E-state index is 10.8. The zero-order chi connectivity index (χ0) is 12.4. The van der Waals surface area contributed by atoms with Gasteiger partial charge in [0.25, 0.3) is 5.69 Å². The maximum Gasteiger partial charge on any atom is 0.274 e. The molecule has 1 saturated carbocycles. The van der Waals surface area contributed by atoms with Crippen molar-refractivity contribution < 1.29 is 4.92 Å². The molecule has 0 saturated heterocycles. The number of benzene rings is 1. The first-order valence-corrected chi connectivity index (χ1v) is 6.14. The Kier molecular flexibility index (Phi) is 3.31. The minimum atomic E-state index is -0.322. The molecule has 17 heavy (non-hydrogen) atoms. The quantitative estimate of drug-likeness (QED) is 0.626. The smallest absolute Gasteiger partial charge is 0.274 e. The molecule has 1 aromatic carbocycles. The minimum Gasteiger partial charge on any atom is -0.382 e. The summed E-state index contributed by atoms with van der Waals surface area (Å²) in [5.41, 5.74) is 1.84. The Labute approximate surface area is 101 Å². The molecule has 0 heterocycles. The van der Waals surface area contributed by atoms with Crippen LogP contribution in [-0.2, 0) is 0 Å². The van der Waals surface area contributed by atoms with E-state index in [0.717, 1.165) is 17.2 Å². The van der Waals surface area contributed by atoms with Gasteiger partial charge in [-0.25, -0.2) is 0 Å². The molecule has 0 bridgehead atoms. The fourth-order valence-electron chi connectivity index (χ4n) is 2.29. The number of rotatable bonds is 5. The lowest BCUT2D eigenvalue weighted by Crippen LogP contribution is -2.06. The molecule has 1 aromatic rings. The zero-order valence-electron chi connectivity index (χ0n) is 10.3. The summed E-state index contributed by atoms with van der Waals surface area (Å²) in [7, 11) is 0. The molecule has 4 nitrogen and oxygen atoms in total. The SMILES string of the molecule is CCCC1CC1Nc1cccc([N+](=O)[O-])c1C. The van der Waals surface area contributed by atoms with Crippen molar-refractivity contribution >= 4 is 11.4 Å². The van der Waals surface area contributed by atoms with Crippen molar-refractivity contribution in [3.8, 4) is 0 Å². The van der Waals surface area contributed by atoms with Gasteiger partial charge in [-0.15, -0.1) is 0 Å². The molecule has 0 spiro atoms. The standard InChI is InChI=1S/C13H18N2O2/c1-3-5-10-8-12(10)14-11-6-4-7-13(9(11)2)15(16)17/h4,6-7,10,12,14H,3,5,8H2,1-2H3. The topological polar surface area (TPSA) is 55.2 Å². The van der Waals surface area contributed by atoms with E-state index >= 15 is 0 Å². The van der Waals surface area contributed by atoms with Gasteiger partial charge >= 0.3 is 0 Å². The molecule has 2 rings (SSSR count). The third-order valence-corrected chi connectivity index (χ3v) is 3.42. The molecule has 0 radical (unpaired) electrons. The van der Waals surface area contributed by atoms with E-state index in [-0.39, 0.29) is 10.6 Å². The van der Waals surface area contributed by atoms with Gasteiger partial charge in [0.15, 0.2) is 0 Å². The van der Waals surface area contributed by atoms with Gasteiger partial charge < -0.3 is 5.32 Å². The molecule has 1 aliphatic carbocycles. The number of nitro groups is 1. The summed E-state index contributed by atoms with van der Waals surface area (Å²) >= 11 is 0. The van der Waals surface area contributed by atoms with E-state index < -0.39 is 0 Å². The van der Waals surface area contributed by atoms with Crippen molar-refractivity contribution in [1.29, 1.82) is 0 Å². The average molecular weight is 234 g/mol. The first kappa shape index (κ1) is 11.9. The van der Waals surface area contributed by atoms with Gasteiger partial charge in [-0.3, -0.25) is 10.1 Å². The average Bonchev–Trinajstić information content (AvgIpc) is 3.00. The molecule has 1 fully saturated rings. The normalized spacial score (nSPS) is 22.2. The van der Waals surface area contributed by atoms with Crippen LogP contribution in [0.1, 0.15) is 31.7 Å². The predicted molar refractivity (Wildman–Crippen MR) is 68.3 cm³/mol. The lowest BCUT2D eigenvalue weighted by Gasteiger charge is -2.09. The molecule has 0 aliphatic heterocycles. The van der Waals surface area contributed by atoms with Crippen molar-refractivity contribution in [1.82, 2.24) is 0 Å². The third-order valence-electron chi connectivity index (χ3n) is 3.42. The molecule has 1 aliphatic rings. The maximum absolute atomic E-state index is 10.8. The number of nitrogens with zero attached hydrogens (tertiary/aromatic N) is 1. The lowest BCUT2D eigenvalue weighted by molar-refractivity contribution is -0.385. The predicted octanol–water partition coefficient (Wildman–Crippen LogP) is 3.50. The molecule has 2 unspecified atom stereocenters. The Bertz CT molecular complexity index is 431. The number of nitro benzene ring substituents is 1.